The fourth-order valence-electron chi connectivity index (χ4n) is 2.16. The van der Waals surface area contributed by atoms with E-state index in [0.29, 0.717) is 16.7 Å². The van der Waals surface area contributed by atoms with E-state index >= 15 is 0 Å². The minimum Gasteiger partial charge on any atom is -0.297 e. The van der Waals surface area contributed by atoms with Crippen molar-refractivity contribution >= 4 is 37.3 Å². The summed E-state index contributed by atoms with van der Waals surface area (Å²) >= 11 is 0.862. The summed E-state index contributed by atoms with van der Waals surface area (Å²) in [6.45, 7) is 7.17. The number of thiophene rings is 1. The van der Waals surface area contributed by atoms with Gasteiger partial charge in [0.25, 0.3) is 0 Å². The molecule has 1 aromatic carbocycles. The smallest absolute Gasteiger partial charge is 0.216 e. The highest BCUT2D eigenvalue weighted by atomic mass is 32.2. The Labute approximate surface area is 152 Å². The summed E-state index contributed by atoms with van der Waals surface area (Å²) in [4.78, 5) is 11.0. The maximum Gasteiger partial charge on any atom is 0.216 e. The lowest BCUT2D eigenvalue weighted by Crippen LogP contribution is -2.15. The van der Waals surface area contributed by atoms with Crippen LogP contribution in [0, 0.1) is 0 Å². The summed E-state index contributed by atoms with van der Waals surface area (Å²) in [5.41, 5.74) is 0.195. The zero-order valence-corrected chi connectivity index (χ0v) is 16.9. The average Bonchev–Trinajstić information content (AvgIpc) is 3.03. The monoisotopic (exact) mass is 400 g/mol. The molecular weight excluding hydrogens is 380 g/mol. The Hall–Kier alpha value is -1.51. The van der Waals surface area contributed by atoms with Crippen molar-refractivity contribution in [3.63, 3.8) is 0 Å². The van der Waals surface area contributed by atoms with Gasteiger partial charge in [0.1, 0.15) is 4.21 Å². The van der Waals surface area contributed by atoms with Gasteiger partial charge in [0.2, 0.25) is 9.84 Å². The molecule has 0 atom stereocenters. The van der Waals surface area contributed by atoms with Crippen molar-refractivity contribution in [2.24, 2.45) is 0 Å². The largest absolute Gasteiger partial charge is 0.297 e. The van der Waals surface area contributed by atoms with E-state index < -0.39 is 25.1 Å². The van der Waals surface area contributed by atoms with Crippen LogP contribution in [0.5, 0.6) is 0 Å². The Bertz CT molecular complexity index is 1010. The lowest BCUT2D eigenvalue weighted by atomic mass is 9.87. The number of hydrogen-bond acceptors (Lipinski definition) is 6. The zero-order valence-electron chi connectivity index (χ0n) is 14.4. The average molecular weight is 401 g/mol. The Balaban J connectivity index is 2.76. The second kappa shape index (κ2) is 6.66. The third-order valence-corrected chi connectivity index (χ3v) is 8.73. The van der Waals surface area contributed by atoms with Gasteiger partial charge in [-0.05, 0) is 41.3 Å². The van der Waals surface area contributed by atoms with Crippen LogP contribution in [0.25, 0.3) is 0 Å². The van der Waals surface area contributed by atoms with Crippen molar-refractivity contribution in [2.45, 2.75) is 47.1 Å². The highest BCUT2D eigenvalue weighted by Crippen LogP contribution is 2.33. The first-order chi connectivity index (χ1) is 11.4. The lowest BCUT2D eigenvalue weighted by molar-refractivity contribution is 0.112. The van der Waals surface area contributed by atoms with E-state index in [1.807, 2.05) is 20.8 Å². The third kappa shape index (κ3) is 4.02. The van der Waals surface area contributed by atoms with Gasteiger partial charge >= 0.3 is 0 Å². The molecule has 0 aliphatic carbocycles. The topological polar surface area (TPSA) is 85.3 Å². The zero-order chi connectivity index (χ0) is 19.0. The van der Waals surface area contributed by atoms with Gasteiger partial charge in [-0.1, -0.05) is 27.7 Å². The molecule has 0 N–H and O–H groups in total. The van der Waals surface area contributed by atoms with Crippen molar-refractivity contribution in [1.29, 1.82) is 0 Å². The molecule has 136 valence electrons. The van der Waals surface area contributed by atoms with Gasteiger partial charge in [0.15, 0.2) is 16.1 Å². The lowest BCUT2D eigenvalue weighted by Gasteiger charge is -2.21. The van der Waals surface area contributed by atoms with Gasteiger partial charge < -0.3 is 0 Å². The van der Waals surface area contributed by atoms with E-state index in [9.17, 15) is 21.6 Å². The van der Waals surface area contributed by atoms with Crippen LogP contribution in [0.1, 0.15) is 42.9 Å². The molecule has 0 spiro atoms. The van der Waals surface area contributed by atoms with E-state index in [1.165, 1.54) is 37.3 Å². The summed E-state index contributed by atoms with van der Waals surface area (Å²) in [5, 5.41) is 0. The first-order valence-electron chi connectivity index (χ1n) is 7.60. The SMILES string of the molecule is CCS(=O)(=O)c1cc(C(C)(C)C)cc(S(=O)(=O)c2ccc(C=O)s2)c1. The van der Waals surface area contributed by atoms with Crippen LogP contribution in [0.3, 0.4) is 0 Å². The molecule has 0 amide bonds. The molecule has 5 nitrogen and oxygen atoms in total. The summed E-state index contributed by atoms with van der Waals surface area (Å²) in [6.07, 6.45) is 0.586. The molecule has 0 radical (unpaired) electrons. The first kappa shape index (κ1) is 19.8. The highest BCUT2D eigenvalue weighted by Gasteiger charge is 2.26. The van der Waals surface area contributed by atoms with Crippen LogP contribution in [0.15, 0.2) is 44.3 Å². The van der Waals surface area contributed by atoms with Crippen molar-refractivity contribution in [2.75, 3.05) is 5.75 Å². The van der Waals surface area contributed by atoms with Crippen molar-refractivity contribution < 1.29 is 21.6 Å². The Morgan fingerprint density at radius 3 is 2.08 bits per heavy atom. The quantitative estimate of drug-likeness (QED) is 0.717. The van der Waals surface area contributed by atoms with Crippen molar-refractivity contribution in [3.8, 4) is 0 Å². The third-order valence-electron chi connectivity index (χ3n) is 3.78. The molecule has 2 aromatic rings. The standard InChI is InChI=1S/C17H20O5S3/c1-5-24(19,20)14-8-12(17(2,3)4)9-15(10-14)25(21,22)16-7-6-13(11-18)23-16/h6-11H,5H2,1-4H3. The van der Waals surface area contributed by atoms with Crippen molar-refractivity contribution in [3.05, 3.63) is 40.8 Å². The molecular formula is C17H20O5S3. The molecule has 25 heavy (non-hydrogen) atoms. The molecule has 2 rings (SSSR count). The molecule has 0 aliphatic rings. The summed E-state index contributed by atoms with van der Waals surface area (Å²) in [6, 6.07) is 7.03. The van der Waals surface area contributed by atoms with Crippen LogP contribution < -0.4 is 0 Å². The highest BCUT2D eigenvalue weighted by molar-refractivity contribution is 7.93. The molecule has 0 saturated carbocycles. The molecule has 1 heterocycles. The number of carbonyl (C=O) groups excluding carboxylic acids is 1. The van der Waals surface area contributed by atoms with E-state index in [0.717, 1.165) is 11.3 Å². The fourth-order valence-corrected chi connectivity index (χ4v) is 5.80. The number of aldehydes is 1. The molecule has 0 unspecified atom stereocenters. The number of carbonyl (C=O) groups is 1. The van der Waals surface area contributed by atoms with E-state index in [4.69, 9.17) is 0 Å². The van der Waals surface area contributed by atoms with Crippen LogP contribution in [-0.4, -0.2) is 28.9 Å². The summed E-state index contributed by atoms with van der Waals surface area (Å²) in [7, 11) is -7.47. The first-order valence-corrected chi connectivity index (χ1v) is 11.6. The molecule has 8 heteroatoms. The summed E-state index contributed by atoms with van der Waals surface area (Å²) in [5.74, 6) is -0.117. The Morgan fingerprint density at radius 2 is 1.60 bits per heavy atom. The number of hydrogen-bond donors (Lipinski definition) is 0. The van der Waals surface area contributed by atoms with Gasteiger partial charge in [-0.25, -0.2) is 16.8 Å². The van der Waals surface area contributed by atoms with Gasteiger partial charge in [-0.2, -0.15) is 0 Å². The maximum atomic E-state index is 12.9. The van der Waals surface area contributed by atoms with E-state index in [1.54, 1.807) is 0 Å². The molecule has 0 bridgehead atoms. The summed E-state index contributed by atoms with van der Waals surface area (Å²) < 4.78 is 50.4. The predicted octanol–water partition coefficient (Wildman–Crippen LogP) is 3.48. The minimum atomic E-state index is -3.91. The molecule has 0 aliphatic heterocycles. The predicted molar refractivity (Wildman–Crippen MR) is 98.0 cm³/mol. The maximum absolute atomic E-state index is 12.9. The molecule has 1 aromatic heterocycles. The molecule has 0 fully saturated rings. The van der Waals surface area contributed by atoms with Crippen LogP contribution >= 0.6 is 11.3 Å². The second-order valence-electron chi connectivity index (χ2n) is 6.62. The number of sulfone groups is 2. The van der Waals surface area contributed by atoms with Crippen LogP contribution in [-0.2, 0) is 25.1 Å². The van der Waals surface area contributed by atoms with Crippen LogP contribution in [0.4, 0.5) is 0 Å². The normalized spacial score (nSPS) is 13.0. The molecule has 0 saturated heterocycles. The Kier molecular flexibility index (Phi) is 5.28. The van der Waals surface area contributed by atoms with E-state index in [2.05, 4.69) is 0 Å². The van der Waals surface area contributed by atoms with Gasteiger partial charge in [0, 0.05) is 0 Å². The van der Waals surface area contributed by atoms with Gasteiger partial charge in [-0.15, -0.1) is 11.3 Å². The van der Waals surface area contributed by atoms with E-state index in [-0.39, 0.29) is 19.8 Å². The van der Waals surface area contributed by atoms with Gasteiger partial charge in [-0.3, -0.25) is 4.79 Å². The minimum absolute atomic E-state index is 0.00633. The number of rotatable bonds is 5. The second-order valence-corrected chi connectivity index (χ2v) is 12.2. The van der Waals surface area contributed by atoms with Crippen LogP contribution in [0.2, 0.25) is 0 Å². The fraction of sp³-hybridized carbons (Fsp3) is 0.353. The number of benzene rings is 1. The Morgan fingerprint density at radius 1 is 1.00 bits per heavy atom. The van der Waals surface area contributed by atoms with Gasteiger partial charge in [0.05, 0.1) is 20.4 Å². The van der Waals surface area contributed by atoms with Crippen molar-refractivity contribution in [1.82, 2.24) is 0 Å².